The second-order valence-electron chi connectivity index (χ2n) is 4.94. The molecule has 0 aliphatic rings. The second kappa shape index (κ2) is 6.19. The van der Waals surface area contributed by atoms with Gasteiger partial charge in [-0.15, -0.1) is 6.42 Å². The van der Waals surface area contributed by atoms with Gasteiger partial charge in [0.25, 0.3) is 5.91 Å². The van der Waals surface area contributed by atoms with Crippen LogP contribution in [0.4, 0.5) is 5.69 Å². The van der Waals surface area contributed by atoms with Gasteiger partial charge in [0.2, 0.25) is 0 Å². The fourth-order valence-corrected chi connectivity index (χ4v) is 2.33. The molecule has 2 N–H and O–H groups in total. The maximum Gasteiger partial charge on any atom is 0.307 e. The number of terminal acetylenes is 1. The third-order valence-electron chi connectivity index (χ3n) is 3.21. The van der Waals surface area contributed by atoms with Gasteiger partial charge in [0.15, 0.2) is 0 Å². The molecule has 0 saturated heterocycles. The fraction of sp³-hybridized carbons (Fsp3) is 0.176. The van der Waals surface area contributed by atoms with Gasteiger partial charge in [-0.25, -0.2) is 0 Å². The Morgan fingerprint density at radius 2 is 2.18 bits per heavy atom. The summed E-state index contributed by atoms with van der Waals surface area (Å²) in [6.07, 6.45) is 6.63. The minimum atomic E-state index is -0.964. The standard InChI is InChI=1S/C17H16N2O3/c1-4-8-18-13-6-5-7-14-16(13)12(9-15(20)21)10-19(14)17(22)11(2)3/h1,5-7,10,18H,2,8-9H2,3H3,(H,20,21). The van der Waals surface area contributed by atoms with Gasteiger partial charge in [0.1, 0.15) is 0 Å². The number of carboxylic acids is 1. The van der Waals surface area contributed by atoms with E-state index in [0.29, 0.717) is 34.3 Å². The largest absolute Gasteiger partial charge is 0.481 e. The van der Waals surface area contributed by atoms with E-state index in [2.05, 4.69) is 17.8 Å². The van der Waals surface area contributed by atoms with Gasteiger partial charge in [0.05, 0.1) is 18.5 Å². The molecule has 2 aromatic rings. The molecule has 1 heterocycles. The monoisotopic (exact) mass is 296 g/mol. The number of hydrogen-bond acceptors (Lipinski definition) is 3. The number of aromatic nitrogens is 1. The van der Waals surface area contributed by atoms with Crippen LogP contribution in [0.3, 0.4) is 0 Å². The van der Waals surface area contributed by atoms with Gasteiger partial charge in [-0.3, -0.25) is 14.2 Å². The van der Waals surface area contributed by atoms with Crippen LogP contribution >= 0.6 is 0 Å². The number of carboxylic acid groups (broad SMARTS) is 1. The van der Waals surface area contributed by atoms with Crippen LogP contribution in [0.25, 0.3) is 10.9 Å². The van der Waals surface area contributed by atoms with Crippen LogP contribution in [0.5, 0.6) is 0 Å². The molecule has 0 aliphatic heterocycles. The van der Waals surface area contributed by atoms with E-state index in [9.17, 15) is 9.59 Å². The molecule has 1 aromatic heterocycles. The summed E-state index contributed by atoms with van der Waals surface area (Å²) < 4.78 is 1.43. The summed E-state index contributed by atoms with van der Waals surface area (Å²) in [5.41, 5.74) is 2.27. The molecule has 5 heteroatoms. The number of fused-ring (bicyclic) bond motifs is 1. The average Bonchev–Trinajstić information content (AvgIpc) is 2.82. The molecule has 0 saturated carbocycles. The van der Waals surface area contributed by atoms with Crippen molar-refractivity contribution < 1.29 is 14.7 Å². The number of benzene rings is 1. The van der Waals surface area contributed by atoms with Crippen LogP contribution in [0.2, 0.25) is 0 Å². The van der Waals surface area contributed by atoms with Crippen LogP contribution in [-0.4, -0.2) is 28.1 Å². The maximum atomic E-state index is 12.2. The third-order valence-corrected chi connectivity index (χ3v) is 3.21. The second-order valence-corrected chi connectivity index (χ2v) is 4.94. The van der Waals surface area contributed by atoms with Crippen molar-refractivity contribution in [3.05, 3.63) is 42.1 Å². The highest BCUT2D eigenvalue weighted by Crippen LogP contribution is 2.30. The number of carbonyl (C=O) groups is 2. The number of aliphatic carboxylic acids is 1. The Balaban J connectivity index is 2.69. The maximum absolute atomic E-state index is 12.2. The van der Waals surface area contributed by atoms with Gasteiger partial charge in [-0.1, -0.05) is 18.6 Å². The lowest BCUT2D eigenvalue weighted by atomic mass is 10.1. The predicted molar refractivity (Wildman–Crippen MR) is 86.0 cm³/mol. The number of hydrogen-bond donors (Lipinski definition) is 2. The molecular weight excluding hydrogens is 280 g/mol. The van der Waals surface area contributed by atoms with Gasteiger partial charge in [-0.05, 0) is 24.6 Å². The molecule has 0 unspecified atom stereocenters. The fourth-order valence-electron chi connectivity index (χ4n) is 2.33. The molecule has 22 heavy (non-hydrogen) atoms. The zero-order chi connectivity index (χ0) is 16.3. The Morgan fingerprint density at radius 3 is 2.77 bits per heavy atom. The van der Waals surface area contributed by atoms with Crippen LogP contribution in [0, 0.1) is 12.3 Å². The Bertz CT molecular complexity index is 809. The molecule has 112 valence electrons. The lowest BCUT2D eigenvalue weighted by Crippen LogP contribution is -2.09. The van der Waals surface area contributed by atoms with E-state index in [1.165, 1.54) is 4.57 Å². The highest BCUT2D eigenvalue weighted by Gasteiger charge is 2.18. The van der Waals surface area contributed by atoms with E-state index in [1.807, 2.05) is 0 Å². The normalized spacial score (nSPS) is 10.2. The highest BCUT2D eigenvalue weighted by molar-refractivity contribution is 6.06. The Labute approximate surface area is 128 Å². The van der Waals surface area contributed by atoms with Crippen molar-refractivity contribution in [1.29, 1.82) is 0 Å². The van der Waals surface area contributed by atoms with Crippen LogP contribution in [0.1, 0.15) is 17.3 Å². The van der Waals surface area contributed by atoms with E-state index < -0.39 is 5.97 Å². The van der Waals surface area contributed by atoms with Crippen molar-refractivity contribution in [1.82, 2.24) is 4.57 Å². The van der Waals surface area contributed by atoms with E-state index in [1.54, 1.807) is 31.3 Å². The van der Waals surface area contributed by atoms with Crippen molar-refractivity contribution in [3.63, 3.8) is 0 Å². The first-order valence-corrected chi connectivity index (χ1v) is 6.68. The quantitative estimate of drug-likeness (QED) is 0.657. The number of nitrogens with zero attached hydrogens (tertiary/aromatic N) is 1. The lowest BCUT2D eigenvalue weighted by Gasteiger charge is -2.07. The first-order valence-electron chi connectivity index (χ1n) is 6.68. The van der Waals surface area contributed by atoms with Crippen LogP contribution in [-0.2, 0) is 11.2 Å². The van der Waals surface area contributed by atoms with Crippen molar-refractivity contribution in [2.45, 2.75) is 13.3 Å². The van der Waals surface area contributed by atoms with Gasteiger partial charge in [0, 0.05) is 22.8 Å². The molecule has 1 aromatic carbocycles. The van der Waals surface area contributed by atoms with Crippen molar-refractivity contribution >= 4 is 28.5 Å². The minimum absolute atomic E-state index is 0.179. The molecule has 0 aliphatic carbocycles. The lowest BCUT2D eigenvalue weighted by molar-refractivity contribution is -0.136. The minimum Gasteiger partial charge on any atom is -0.481 e. The van der Waals surface area contributed by atoms with E-state index in [0.717, 1.165) is 0 Å². The van der Waals surface area contributed by atoms with Gasteiger partial charge < -0.3 is 10.4 Å². The van der Waals surface area contributed by atoms with Gasteiger partial charge in [-0.2, -0.15) is 0 Å². The number of rotatable bonds is 5. The highest BCUT2D eigenvalue weighted by atomic mass is 16.4. The number of carbonyl (C=O) groups excluding carboxylic acids is 1. The molecular formula is C17H16N2O3. The van der Waals surface area contributed by atoms with Crippen LogP contribution < -0.4 is 5.32 Å². The van der Waals surface area contributed by atoms with Crippen LogP contribution in [0.15, 0.2) is 36.5 Å². The Kier molecular flexibility index (Phi) is 4.33. The Hall–Kier alpha value is -3.00. The van der Waals surface area contributed by atoms with E-state index in [4.69, 9.17) is 11.5 Å². The first kappa shape index (κ1) is 15.4. The zero-order valence-electron chi connectivity index (χ0n) is 12.2. The molecule has 0 fully saturated rings. The topological polar surface area (TPSA) is 71.3 Å². The van der Waals surface area contributed by atoms with E-state index >= 15 is 0 Å². The van der Waals surface area contributed by atoms with Crippen molar-refractivity contribution in [2.75, 3.05) is 11.9 Å². The molecule has 5 nitrogen and oxygen atoms in total. The van der Waals surface area contributed by atoms with E-state index in [-0.39, 0.29) is 12.3 Å². The summed E-state index contributed by atoms with van der Waals surface area (Å²) >= 11 is 0. The number of anilines is 1. The summed E-state index contributed by atoms with van der Waals surface area (Å²) in [6, 6.07) is 5.36. The molecule has 0 bridgehead atoms. The molecule has 0 amide bonds. The van der Waals surface area contributed by atoms with Gasteiger partial charge >= 0.3 is 5.97 Å². The summed E-state index contributed by atoms with van der Waals surface area (Å²) in [7, 11) is 0. The first-order chi connectivity index (χ1) is 10.5. The van der Waals surface area contributed by atoms with Crippen molar-refractivity contribution in [3.8, 4) is 12.3 Å². The summed E-state index contributed by atoms with van der Waals surface area (Å²) in [6.45, 7) is 5.58. The molecule has 0 radical (unpaired) electrons. The smallest absolute Gasteiger partial charge is 0.307 e. The van der Waals surface area contributed by atoms with Crippen molar-refractivity contribution in [2.24, 2.45) is 0 Å². The SMILES string of the molecule is C#CCNc1cccc2c1c(CC(=O)O)cn2C(=O)C(=C)C. The Morgan fingerprint density at radius 1 is 1.45 bits per heavy atom. The summed E-state index contributed by atoms with van der Waals surface area (Å²) in [4.78, 5) is 23.3. The molecule has 0 spiro atoms. The number of nitrogens with one attached hydrogen (secondary N) is 1. The average molecular weight is 296 g/mol. The predicted octanol–water partition coefficient (Wildman–Crippen LogP) is 2.53. The zero-order valence-corrected chi connectivity index (χ0v) is 12.2. The third kappa shape index (κ3) is 2.86. The number of allylic oxidation sites excluding steroid dienone is 1. The molecule has 2 rings (SSSR count). The molecule has 0 atom stereocenters. The summed E-state index contributed by atoms with van der Waals surface area (Å²) in [5, 5.41) is 12.8. The summed E-state index contributed by atoms with van der Waals surface area (Å²) in [5.74, 6) is 1.24.